The standard InChI is InChI=1S/C17H24N2OS/c1-2-21-16-5-3-4-15(16)19-17(20)13-7-6-12-8-9-18-11-14(12)10-13/h6-7,10,15-16,18H,2-5,8-9,11H2,1H3,(H,19,20). The summed E-state index contributed by atoms with van der Waals surface area (Å²) in [4.78, 5) is 12.5. The zero-order valence-electron chi connectivity index (χ0n) is 12.7. The number of thioether (sulfide) groups is 1. The lowest BCUT2D eigenvalue weighted by Crippen LogP contribution is -2.39. The zero-order chi connectivity index (χ0) is 14.7. The minimum absolute atomic E-state index is 0.0944. The second kappa shape index (κ2) is 6.84. The Bertz CT molecular complexity index is 518. The fourth-order valence-electron chi connectivity index (χ4n) is 3.38. The van der Waals surface area contributed by atoms with Crippen LogP contribution in [-0.2, 0) is 13.0 Å². The summed E-state index contributed by atoms with van der Waals surface area (Å²) in [6.45, 7) is 4.11. The quantitative estimate of drug-likeness (QED) is 0.898. The molecule has 1 aliphatic heterocycles. The maximum Gasteiger partial charge on any atom is 0.251 e. The molecule has 1 aromatic carbocycles. The number of nitrogens with one attached hydrogen (secondary N) is 2. The van der Waals surface area contributed by atoms with Crippen LogP contribution in [0.3, 0.4) is 0 Å². The van der Waals surface area contributed by atoms with E-state index in [4.69, 9.17) is 0 Å². The number of carbonyl (C=O) groups is 1. The van der Waals surface area contributed by atoms with Crippen molar-refractivity contribution >= 4 is 17.7 Å². The maximum atomic E-state index is 12.5. The van der Waals surface area contributed by atoms with E-state index in [-0.39, 0.29) is 5.91 Å². The highest BCUT2D eigenvalue weighted by Crippen LogP contribution is 2.30. The molecule has 4 heteroatoms. The number of hydrogen-bond acceptors (Lipinski definition) is 3. The van der Waals surface area contributed by atoms with Crippen LogP contribution in [0.2, 0.25) is 0 Å². The molecule has 2 unspecified atom stereocenters. The van der Waals surface area contributed by atoms with Gasteiger partial charge in [0.2, 0.25) is 0 Å². The molecular weight excluding hydrogens is 280 g/mol. The average Bonchev–Trinajstić information content (AvgIpc) is 2.94. The predicted octanol–water partition coefficient (Wildman–Crippen LogP) is 2.74. The van der Waals surface area contributed by atoms with Gasteiger partial charge < -0.3 is 10.6 Å². The molecule has 1 aliphatic carbocycles. The number of hydrogen-bond donors (Lipinski definition) is 2. The number of amides is 1. The van der Waals surface area contributed by atoms with Gasteiger partial charge in [-0.1, -0.05) is 19.4 Å². The SMILES string of the molecule is CCSC1CCCC1NC(=O)c1ccc2c(c1)CNCC2. The Morgan fingerprint density at radius 2 is 2.29 bits per heavy atom. The van der Waals surface area contributed by atoms with Gasteiger partial charge in [0, 0.05) is 23.4 Å². The van der Waals surface area contributed by atoms with Crippen molar-refractivity contribution in [2.24, 2.45) is 0 Å². The van der Waals surface area contributed by atoms with E-state index in [2.05, 4.69) is 29.7 Å². The molecule has 0 aromatic heterocycles. The van der Waals surface area contributed by atoms with Gasteiger partial charge >= 0.3 is 0 Å². The van der Waals surface area contributed by atoms with Gasteiger partial charge in [-0.05, 0) is 54.8 Å². The van der Waals surface area contributed by atoms with Crippen molar-refractivity contribution in [1.29, 1.82) is 0 Å². The minimum atomic E-state index is 0.0944. The van der Waals surface area contributed by atoms with Crippen molar-refractivity contribution in [3.05, 3.63) is 34.9 Å². The van der Waals surface area contributed by atoms with E-state index in [1.54, 1.807) is 0 Å². The van der Waals surface area contributed by atoms with Crippen LogP contribution in [0.1, 0.15) is 47.7 Å². The van der Waals surface area contributed by atoms with Gasteiger partial charge in [0.15, 0.2) is 0 Å². The van der Waals surface area contributed by atoms with E-state index in [9.17, 15) is 4.79 Å². The molecule has 2 N–H and O–H groups in total. The lowest BCUT2D eigenvalue weighted by Gasteiger charge is -2.21. The third-order valence-electron chi connectivity index (χ3n) is 4.50. The van der Waals surface area contributed by atoms with Crippen LogP contribution < -0.4 is 10.6 Å². The van der Waals surface area contributed by atoms with Gasteiger partial charge in [-0.2, -0.15) is 11.8 Å². The lowest BCUT2D eigenvalue weighted by atomic mass is 9.98. The Morgan fingerprint density at radius 1 is 1.38 bits per heavy atom. The molecule has 21 heavy (non-hydrogen) atoms. The highest BCUT2D eigenvalue weighted by Gasteiger charge is 2.28. The van der Waals surface area contributed by atoms with Crippen LogP contribution in [0.5, 0.6) is 0 Å². The van der Waals surface area contributed by atoms with Crippen molar-refractivity contribution in [3.63, 3.8) is 0 Å². The van der Waals surface area contributed by atoms with Crippen LogP contribution in [-0.4, -0.2) is 29.5 Å². The molecule has 3 rings (SSSR count). The number of carbonyl (C=O) groups excluding carboxylic acids is 1. The molecule has 0 radical (unpaired) electrons. The van der Waals surface area contributed by atoms with Crippen molar-refractivity contribution < 1.29 is 4.79 Å². The summed E-state index contributed by atoms with van der Waals surface area (Å²) < 4.78 is 0. The molecule has 0 bridgehead atoms. The fraction of sp³-hybridized carbons (Fsp3) is 0.588. The van der Waals surface area contributed by atoms with Crippen LogP contribution in [0.4, 0.5) is 0 Å². The van der Waals surface area contributed by atoms with Crippen molar-refractivity contribution in [2.75, 3.05) is 12.3 Å². The van der Waals surface area contributed by atoms with Crippen molar-refractivity contribution in [3.8, 4) is 0 Å². The largest absolute Gasteiger partial charge is 0.348 e. The third kappa shape index (κ3) is 3.43. The highest BCUT2D eigenvalue weighted by molar-refractivity contribution is 7.99. The molecule has 3 nitrogen and oxygen atoms in total. The summed E-state index contributed by atoms with van der Waals surface area (Å²) in [6.07, 6.45) is 4.65. The normalized spacial score (nSPS) is 24.6. The first-order valence-corrected chi connectivity index (χ1v) is 9.08. The first kappa shape index (κ1) is 14.9. The summed E-state index contributed by atoms with van der Waals surface area (Å²) in [6, 6.07) is 6.51. The summed E-state index contributed by atoms with van der Waals surface area (Å²) >= 11 is 1.98. The van der Waals surface area contributed by atoms with Crippen LogP contribution >= 0.6 is 11.8 Å². The number of rotatable bonds is 4. The van der Waals surface area contributed by atoms with E-state index in [0.717, 1.165) is 37.2 Å². The Hall–Kier alpha value is -1.00. The molecule has 0 spiro atoms. The number of benzene rings is 1. The van der Waals surface area contributed by atoms with E-state index in [0.29, 0.717) is 11.3 Å². The molecule has 0 saturated heterocycles. The van der Waals surface area contributed by atoms with Crippen LogP contribution in [0.15, 0.2) is 18.2 Å². The molecule has 1 fully saturated rings. The lowest BCUT2D eigenvalue weighted by molar-refractivity contribution is 0.0938. The Balaban J connectivity index is 1.67. The fourth-order valence-corrected chi connectivity index (χ4v) is 4.58. The Morgan fingerprint density at radius 3 is 3.14 bits per heavy atom. The van der Waals surface area contributed by atoms with Gasteiger partial charge in [0.05, 0.1) is 0 Å². The van der Waals surface area contributed by atoms with Gasteiger partial charge in [0.25, 0.3) is 5.91 Å². The van der Waals surface area contributed by atoms with E-state index in [1.165, 1.54) is 24.0 Å². The molecule has 1 amide bonds. The first-order valence-electron chi connectivity index (χ1n) is 8.03. The second-order valence-electron chi connectivity index (χ2n) is 5.91. The van der Waals surface area contributed by atoms with Gasteiger partial charge in [-0.25, -0.2) is 0 Å². The van der Waals surface area contributed by atoms with Crippen molar-refractivity contribution in [1.82, 2.24) is 10.6 Å². The smallest absolute Gasteiger partial charge is 0.251 e. The van der Waals surface area contributed by atoms with E-state index < -0.39 is 0 Å². The van der Waals surface area contributed by atoms with Crippen LogP contribution in [0, 0.1) is 0 Å². The highest BCUT2D eigenvalue weighted by atomic mass is 32.2. The summed E-state index contributed by atoms with van der Waals surface area (Å²) in [7, 11) is 0. The molecule has 2 atom stereocenters. The average molecular weight is 304 g/mol. The van der Waals surface area contributed by atoms with Crippen LogP contribution in [0.25, 0.3) is 0 Å². The van der Waals surface area contributed by atoms with Gasteiger partial charge in [-0.3, -0.25) is 4.79 Å². The van der Waals surface area contributed by atoms with E-state index in [1.807, 2.05) is 17.8 Å². The summed E-state index contributed by atoms with van der Waals surface area (Å²) in [5.74, 6) is 1.22. The minimum Gasteiger partial charge on any atom is -0.348 e. The molecule has 1 heterocycles. The molecule has 1 aromatic rings. The first-order chi connectivity index (χ1) is 10.3. The molecular formula is C17H24N2OS. The summed E-state index contributed by atoms with van der Waals surface area (Å²) in [5.41, 5.74) is 3.47. The second-order valence-corrected chi connectivity index (χ2v) is 7.43. The molecule has 114 valence electrons. The third-order valence-corrected chi connectivity index (χ3v) is 5.83. The van der Waals surface area contributed by atoms with Gasteiger partial charge in [-0.15, -0.1) is 0 Å². The number of fused-ring (bicyclic) bond motifs is 1. The monoisotopic (exact) mass is 304 g/mol. The van der Waals surface area contributed by atoms with E-state index >= 15 is 0 Å². The summed E-state index contributed by atoms with van der Waals surface area (Å²) in [5, 5.41) is 7.22. The maximum absolute atomic E-state index is 12.5. The zero-order valence-corrected chi connectivity index (χ0v) is 13.5. The Kier molecular flexibility index (Phi) is 4.86. The van der Waals surface area contributed by atoms with Crippen molar-refractivity contribution in [2.45, 2.75) is 50.4 Å². The predicted molar refractivity (Wildman–Crippen MR) is 88.9 cm³/mol. The molecule has 2 aliphatic rings. The Labute approximate surface area is 131 Å². The van der Waals surface area contributed by atoms with Gasteiger partial charge in [0.1, 0.15) is 0 Å². The molecule has 1 saturated carbocycles. The topological polar surface area (TPSA) is 41.1 Å².